The van der Waals surface area contributed by atoms with E-state index >= 15 is 0 Å². The van der Waals surface area contributed by atoms with Gasteiger partial charge in [-0.3, -0.25) is 4.79 Å². The smallest absolute Gasteiger partial charge is 0.222 e. The lowest BCUT2D eigenvalue weighted by Crippen LogP contribution is -2.46. The molecule has 0 aromatic heterocycles. The highest BCUT2D eigenvalue weighted by atomic mass is 32.2. The molecule has 0 aromatic carbocycles. The number of carbonyl (C=O) groups is 1. The number of nitrogens with two attached hydrogens (primary N) is 1. The van der Waals surface area contributed by atoms with Gasteiger partial charge >= 0.3 is 0 Å². The number of likely N-dealkylation sites (tertiary alicyclic amines) is 1. The second-order valence-corrected chi connectivity index (χ2v) is 7.60. The van der Waals surface area contributed by atoms with Crippen LogP contribution in [0.5, 0.6) is 0 Å². The van der Waals surface area contributed by atoms with Crippen molar-refractivity contribution in [1.82, 2.24) is 9.62 Å². The monoisotopic (exact) mass is 305 g/mol. The lowest BCUT2D eigenvalue weighted by atomic mass is 10.0. The van der Waals surface area contributed by atoms with Crippen LogP contribution < -0.4 is 10.5 Å². The van der Waals surface area contributed by atoms with Gasteiger partial charge in [0.15, 0.2) is 0 Å². The van der Waals surface area contributed by atoms with Crippen molar-refractivity contribution in [2.24, 2.45) is 11.7 Å². The summed E-state index contributed by atoms with van der Waals surface area (Å²) in [5, 5.41) is 0. The lowest BCUT2D eigenvalue weighted by Gasteiger charge is -2.32. The predicted molar refractivity (Wildman–Crippen MR) is 79.7 cm³/mol. The molecule has 1 unspecified atom stereocenters. The van der Waals surface area contributed by atoms with Gasteiger partial charge in [0.25, 0.3) is 0 Å². The van der Waals surface area contributed by atoms with Gasteiger partial charge in [0.2, 0.25) is 15.9 Å². The SMILES string of the molecule is CCS(=O)(=O)NC1CCN(C(=O)CCC(C)CN)CC1. The minimum Gasteiger partial charge on any atom is -0.343 e. The molecule has 0 spiro atoms. The van der Waals surface area contributed by atoms with E-state index in [0.717, 1.165) is 6.42 Å². The van der Waals surface area contributed by atoms with Crippen molar-refractivity contribution in [2.45, 2.75) is 45.6 Å². The van der Waals surface area contributed by atoms with Crippen LogP contribution in [-0.2, 0) is 14.8 Å². The van der Waals surface area contributed by atoms with E-state index in [-0.39, 0.29) is 17.7 Å². The summed E-state index contributed by atoms with van der Waals surface area (Å²) in [5.41, 5.74) is 5.54. The van der Waals surface area contributed by atoms with E-state index in [4.69, 9.17) is 5.73 Å². The topological polar surface area (TPSA) is 92.5 Å². The minimum absolute atomic E-state index is 0.0352. The van der Waals surface area contributed by atoms with Gasteiger partial charge in [-0.05, 0) is 38.6 Å². The van der Waals surface area contributed by atoms with Crippen LogP contribution in [0.3, 0.4) is 0 Å². The molecule has 0 radical (unpaired) electrons. The summed E-state index contributed by atoms with van der Waals surface area (Å²) >= 11 is 0. The van der Waals surface area contributed by atoms with E-state index in [9.17, 15) is 13.2 Å². The van der Waals surface area contributed by atoms with E-state index in [2.05, 4.69) is 4.72 Å². The molecule has 118 valence electrons. The molecule has 3 N–H and O–H groups in total. The summed E-state index contributed by atoms with van der Waals surface area (Å²) in [6, 6.07) is -0.0352. The quantitative estimate of drug-likeness (QED) is 0.707. The Morgan fingerprint density at radius 2 is 2.00 bits per heavy atom. The standard InChI is InChI=1S/C13H27N3O3S/c1-3-20(18,19)15-12-6-8-16(9-7-12)13(17)5-4-11(2)10-14/h11-12,15H,3-10,14H2,1-2H3. The first-order chi connectivity index (χ1) is 9.38. The third-order valence-corrected chi connectivity index (χ3v) is 5.28. The maximum Gasteiger partial charge on any atom is 0.222 e. The van der Waals surface area contributed by atoms with Crippen LogP contribution in [0.25, 0.3) is 0 Å². The summed E-state index contributed by atoms with van der Waals surface area (Å²) < 4.78 is 25.7. The van der Waals surface area contributed by atoms with Gasteiger partial charge in [0.05, 0.1) is 5.75 Å². The molecule has 1 aliphatic heterocycles. The summed E-state index contributed by atoms with van der Waals surface area (Å²) in [6.45, 7) is 5.53. The summed E-state index contributed by atoms with van der Waals surface area (Å²) in [4.78, 5) is 13.8. The molecule has 1 fully saturated rings. The van der Waals surface area contributed by atoms with Crippen LogP contribution in [0.1, 0.15) is 39.5 Å². The molecule has 0 saturated carbocycles. The Kier molecular flexibility index (Phi) is 6.91. The van der Waals surface area contributed by atoms with Crippen LogP contribution in [0.2, 0.25) is 0 Å². The second kappa shape index (κ2) is 7.95. The number of piperidine rings is 1. The number of rotatable bonds is 7. The van der Waals surface area contributed by atoms with Gasteiger partial charge in [-0.15, -0.1) is 0 Å². The number of hydrogen-bond donors (Lipinski definition) is 2. The van der Waals surface area contributed by atoms with Crippen molar-refractivity contribution in [3.8, 4) is 0 Å². The molecule has 1 saturated heterocycles. The zero-order chi connectivity index (χ0) is 15.2. The number of nitrogens with zero attached hydrogens (tertiary/aromatic N) is 1. The highest BCUT2D eigenvalue weighted by Crippen LogP contribution is 2.14. The number of carbonyl (C=O) groups excluding carboxylic acids is 1. The van der Waals surface area contributed by atoms with Crippen molar-refractivity contribution in [1.29, 1.82) is 0 Å². The molecule has 0 bridgehead atoms. The first kappa shape index (κ1) is 17.4. The molecule has 1 aliphatic rings. The fraction of sp³-hybridized carbons (Fsp3) is 0.923. The Morgan fingerprint density at radius 1 is 1.40 bits per heavy atom. The van der Waals surface area contributed by atoms with Crippen LogP contribution >= 0.6 is 0 Å². The Labute approximate surface area is 122 Å². The molecular weight excluding hydrogens is 278 g/mol. The molecule has 0 aliphatic carbocycles. The summed E-state index contributed by atoms with van der Waals surface area (Å²) in [5.74, 6) is 0.623. The normalized spacial score (nSPS) is 19.1. The zero-order valence-corrected chi connectivity index (χ0v) is 13.3. The fourth-order valence-corrected chi connectivity index (χ4v) is 3.14. The van der Waals surface area contributed by atoms with Crippen LogP contribution in [0, 0.1) is 5.92 Å². The lowest BCUT2D eigenvalue weighted by molar-refractivity contribution is -0.132. The Bertz CT molecular complexity index is 403. The number of nitrogens with one attached hydrogen (secondary N) is 1. The maximum atomic E-state index is 12.0. The van der Waals surface area contributed by atoms with Gasteiger partial charge in [0.1, 0.15) is 0 Å². The Hall–Kier alpha value is -0.660. The molecule has 6 nitrogen and oxygen atoms in total. The zero-order valence-electron chi connectivity index (χ0n) is 12.5. The van der Waals surface area contributed by atoms with Crippen molar-refractivity contribution in [3.63, 3.8) is 0 Å². The van der Waals surface area contributed by atoms with Gasteiger partial charge in [0, 0.05) is 25.6 Å². The van der Waals surface area contributed by atoms with Crippen molar-refractivity contribution < 1.29 is 13.2 Å². The number of hydrogen-bond acceptors (Lipinski definition) is 4. The van der Waals surface area contributed by atoms with E-state index in [1.165, 1.54) is 0 Å². The Morgan fingerprint density at radius 3 is 2.50 bits per heavy atom. The Balaban J connectivity index is 2.33. The van der Waals surface area contributed by atoms with Crippen molar-refractivity contribution >= 4 is 15.9 Å². The highest BCUT2D eigenvalue weighted by molar-refractivity contribution is 7.89. The van der Waals surface area contributed by atoms with Crippen LogP contribution in [-0.4, -0.2) is 50.7 Å². The van der Waals surface area contributed by atoms with Gasteiger partial charge in [-0.25, -0.2) is 13.1 Å². The molecule has 1 atom stereocenters. The molecule has 20 heavy (non-hydrogen) atoms. The fourth-order valence-electron chi connectivity index (χ4n) is 2.23. The number of amides is 1. The van der Waals surface area contributed by atoms with Gasteiger partial charge < -0.3 is 10.6 Å². The summed E-state index contributed by atoms with van der Waals surface area (Å²) in [6.07, 6.45) is 2.73. The van der Waals surface area contributed by atoms with Crippen LogP contribution in [0.4, 0.5) is 0 Å². The average molecular weight is 305 g/mol. The van der Waals surface area contributed by atoms with E-state index < -0.39 is 10.0 Å². The molecule has 1 rings (SSSR count). The van der Waals surface area contributed by atoms with E-state index in [1.54, 1.807) is 6.92 Å². The average Bonchev–Trinajstić information content (AvgIpc) is 2.44. The predicted octanol–water partition coefficient (Wildman–Crippen LogP) is 0.292. The molecular formula is C13H27N3O3S. The van der Waals surface area contributed by atoms with Crippen molar-refractivity contribution in [2.75, 3.05) is 25.4 Å². The number of sulfonamides is 1. The largest absolute Gasteiger partial charge is 0.343 e. The van der Waals surface area contributed by atoms with E-state index in [1.807, 2.05) is 11.8 Å². The second-order valence-electron chi connectivity index (χ2n) is 5.56. The minimum atomic E-state index is -3.15. The first-order valence-electron chi connectivity index (χ1n) is 7.35. The van der Waals surface area contributed by atoms with E-state index in [0.29, 0.717) is 44.8 Å². The first-order valence-corrected chi connectivity index (χ1v) is 9.01. The van der Waals surface area contributed by atoms with Gasteiger partial charge in [-0.2, -0.15) is 0 Å². The molecule has 7 heteroatoms. The maximum absolute atomic E-state index is 12.0. The third-order valence-electron chi connectivity index (χ3n) is 3.83. The third kappa shape index (κ3) is 5.76. The molecule has 1 heterocycles. The van der Waals surface area contributed by atoms with Crippen LogP contribution in [0.15, 0.2) is 0 Å². The molecule has 0 aromatic rings. The summed E-state index contributed by atoms with van der Waals surface area (Å²) in [7, 11) is -3.15. The highest BCUT2D eigenvalue weighted by Gasteiger charge is 2.25. The van der Waals surface area contributed by atoms with Gasteiger partial charge in [-0.1, -0.05) is 6.92 Å². The molecule has 1 amide bonds. The van der Waals surface area contributed by atoms with Crippen molar-refractivity contribution in [3.05, 3.63) is 0 Å².